The lowest BCUT2D eigenvalue weighted by atomic mass is 9.77. The number of ether oxygens (including phenoxy) is 7. The number of aliphatic hydroxyl groups excluding tert-OH is 9. The van der Waals surface area contributed by atoms with Crippen LogP contribution in [-0.4, -0.2) is 200 Å². The largest absolute Gasteiger partial charge is 0.450 e. The van der Waals surface area contributed by atoms with E-state index in [1.807, 2.05) is 0 Å². The molecule has 0 bridgehead atoms. The summed E-state index contributed by atoms with van der Waals surface area (Å²) in [7, 11) is 0. The smallest absolute Gasteiger partial charge is 0.338 e. The van der Waals surface area contributed by atoms with Gasteiger partial charge in [0.2, 0.25) is 11.8 Å². The zero-order valence-electron chi connectivity index (χ0n) is 35.0. The molecule has 5 rings (SSSR count). The molecule has 4 aliphatic rings. The molecule has 3 heterocycles. The highest BCUT2D eigenvalue weighted by Gasteiger charge is 2.57. The van der Waals surface area contributed by atoms with E-state index < -0.39 is 153 Å². The van der Waals surface area contributed by atoms with E-state index in [4.69, 9.17) is 38.9 Å². The first-order valence-electron chi connectivity index (χ1n) is 20.8. The number of hydrogen-bond acceptors (Lipinski definition) is 20. The second kappa shape index (κ2) is 21.8. The summed E-state index contributed by atoms with van der Waals surface area (Å²) in [5, 5.41) is 102. The Bertz CT molecular complexity index is 1620. The fourth-order valence-electron chi connectivity index (χ4n) is 8.52. The van der Waals surface area contributed by atoms with Crippen LogP contribution < -0.4 is 16.4 Å². The van der Waals surface area contributed by atoms with E-state index in [-0.39, 0.29) is 37.4 Å². The third-order valence-corrected chi connectivity index (χ3v) is 11.8. The Morgan fingerprint density at radius 3 is 2.23 bits per heavy atom. The average molecular weight is 890 g/mol. The summed E-state index contributed by atoms with van der Waals surface area (Å²) in [6.45, 7) is 4.24. The van der Waals surface area contributed by atoms with Crippen LogP contribution >= 0.6 is 0 Å². The van der Waals surface area contributed by atoms with Crippen LogP contribution in [0.2, 0.25) is 0 Å². The molecule has 20 atom stereocenters. The number of hydrogen-bond donors (Lipinski definition) is 12. The summed E-state index contributed by atoms with van der Waals surface area (Å²) >= 11 is 0. The molecule has 0 aromatic heterocycles. The Morgan fingerprint density at radius 2 is 1.60 bits per heavy atom. The summed E-state index contributed by atoms with van der Waals surface area (Å²) in [5.74, 6) is -5.21. The Morgan fingerprint density at radius 1 is 0.903 bits per heavy atom. The van der Waals surface area contributed by atoms with Crippen molar-refractivity contribution in [3.05, 3.63) is 35.9 Å². The van der Waals surface area contributed by atoms with E-state index in [9.17, 15) is 60.3 Å². The molecule has 4 fully saturated rings. The van der Waals surface area contributed by atoms with Crippen LogP contribution in [0.3, 0.4) is 0 Å². The fourth-order valence-corrected chi connectivity index (χ4v) is 8.52. The van der Waals surface area contributed by atoms with Gasteiger partial charge in [0.15, 0.2) is 24.5 Å². The van der Waals surface area contributed by atoms with Gasteiger partial charge in [-0.15, -0.1) is 0 Å². The van der Waals surface area contributed by atoms with Gasteiger partial charge >= 0.3 is 5.97 Å². The summed E-state index contributed by atoms with van der Waals surface area (Å²) in [4.78, 5) is 39.3. The maximum absolute atomic E-state index is 13.8. The van der Waals surface area contributed by atoms with Crippen LogP contribution in [0.5, 0.6) is 0 Å². The highest BCUT2D eigenvalue weighted by Crippen LogP contribution is 2.41. The van der Waals surface area contributed by atoms with Crippen molar-refractivity contribution in [2.24, 2.45) is 17.6 Å². The van der Waals surface area contributed by atoms with Gasteiger partial charge in [0.25, 0.3) is 0 Å². The lowest BCUT2D eigenvalue weighted by Gasteiger charge is -2.51. The first-order chi connectivity index (χ1) is 29.3. The number of carbonyl (C=O) groups is 3. The van der Waals surface area contributed by atoms with E-state index in [2.05, 4.69) is 10.6 Å². The van der Waals surface area contributed by atoms with Crippen LogP contribution in [0, 0.1) is 11.8 Å². The Hall–Kier alpha value is -3.01. The predicted octanol–water partition coefficient (Wildman–Crippen LogP) is -4.52. The third kappa shape index (κ3) is 11.6. The molecule has 0 radical (unpaired) electrons. The molecule has 3 saturated heterocycles. The van der Waals surface area contributed by atoms with Gasteiger partial charge in [-0.3, -0.25) is 9.59 Å². The van der Waals surface area contributed by atoms with E-state index in [0.29, 0.717) is 0 Å². The van der Waals surface area contributed by atoms with Crippen molar-refractivity contribution in [1.29, 1.82) is 0 Å². The van der Waals surface area contributed by atoms with Crippen molar-refractivity contribution in [3.63, 3.8) is 0 Å². The minimum absolute atomic E-state index is 0.0566. The minimum atomic E-state index is -2.03. The standard InChI is InChI=1S/C40H63N3O19/c1-17-12-21(36(54)42-11-10-41)13-24(32(17)60-38-31(53)30(52)27(49)18(2)56-38)57-39-35(59-37(55)20-8-6-5-7-9-20)34(29(51)25(16-45)58-39)62-40(4)14-22(47)26(43-19(3)46)33(61-40)28(50)23(48)15-44/h5-9,17-18,21-35,38-39,44-45,47-53H,10-16,41H2,1-4H3,(H,42,54)(H,43,46)/t17?,18?,21?,22?,23-,24?,25?,26?,27?,28-,29?,30?,31?,32?,33?,34?,35?,38?,39?,40?/m1/s1. The van der Waals surface area contributed by atoms with Crippen molar-refractivity contribution in [2.75, 3.05) is 26.3 Å². The summed E-state index contributed by atoms with van der Waals surface area (Å²) in [6, 6.07) is 6.38. The van der Waals surface area contributed by atoms with Gasteiger partial charge in [-0.1, -0.05) is 25.1 Å². The zero-order valence-corrected chi connectivity index (χ0v) is 35.0. The van der Waals surface area contributed by atoms with Crippen molar-refractivity contribution < 1.29 is 93.5 Å². The van der Waals surface area contributed by atoms with Gasteiger partial charge in [0, 0.05) is 32.4 Å². The second-order valence-corrected chi connectivity index (χ2v) is 16.7. The van der Waals surface area contributed by atoms with Gasteiger partial charge in [-0.2, -0.15) is 0 Å². The molecular weight excluding hydrogens is 826 g/mol. The van der Waals surface area contributed by atoms with Crippen molar-refractivity contribution in [2.45, 2.75) is 157 Å². The second-order valence-electron chi connectivity index (χ2n) is 16.7. The Kier molecular flexibility index (Phi) is 17.6. The molecule has 1 aliphatic carbocycles. The van der Waals surface area contributed by atoms with Gasteiger partial charge in [0.05, 0.1) is 49.2 Å². The first kappa shape index (κ1) is 50.0. The number of esters is 1. The molecule has 3 aliphatic heterocycles. The molecule has 22 heteroatoms. The number of carbonyl (C=O) groups excluding carboxylic acids is 3. The number of amides is 2. The topological polar surface area (TPSA) is 348 Å². The molecule has 18 unspecified atom stereocenters. The van der Waals surface area contributed by atoms with Crippen molar-refractivity contribution >= 4 is 17.8 Å². The van der Waals surface area contributed by atoms with E-state index >= 15 is 0 Å². The van der Waals surface area contributed by atoms with Crippen LogP contribution in [0.25, 0.3) is 0 Å². The minimum Gasteiger partial charge on any atom is -0.450 e. The molecule has 1 aromatic carbocycles. The molecule has 1 aromatic rings. The van der Waals surface area contributed by atoms with E-state index in [1.165, 1.54) is 26.0 Å². The number of nitrogens with one attached hydrogen (secondary N) is 2. The average Bonchev–Trinajstić information content (AvgIpc) is 3.24. The lowest BCUT2D eigenvalue weighted by molar-refractivity contribution is -0.381. The number of rotatable bonds is 16. The van der Waals surface area contributed by atoms with Crippen LogP contribution in [-0.2, 0) is 42.7 Å². The van der Waals surface area contributed by atoms with E-state index in [0.717, 1.165) is 6.92 Å². The third-order valence-electron chi connectivity index (χ3n) is 11.8. The van der Waals surface area contributed by atoms with Crippen LogP contribution in [0.4, 0.5) is 0 Å². The molecule has 1 saturated carbocycles. The summed E-state index contributed by atoms with van der Waals surface area (Å²) < 4.78 is 43.3. The number of nitrogens with two attached hydrogens (primary N) is 1. The van der Waals surface area contributed by atoms with Gasteiger partial charge in [0.1, 0.15) is 54.9 Å². The maximum atomic E-state index is 13.8. The maximum Gasteiger partial charge on any atom is 0.338 e. The predicted molar refractivity (Wildman–Crippen MR) is 209 cm³/mol. The SMILES string of the molecule is CC(=O)NC1C(O)CC(C)(OC2C(O)C(CO)OC(OC3CC(C(=O)NCCN)CC(C)C3OC3OC(C)C(O)C(O)C3O)C2OC(=O)c2ccccc2)OC1[C@H](O)[C@H](O)CO. The number of aliphatic hydroxyl groups is 9. The van der Waals surface area contributed by atoms with Crippen LogP contribution in [0.1, 0.15) is 57.3 Å². The molecule has 0 spiro atoms. The molecule has 2 amide bonds. The fraction of sp³-hybridized carbons (Fsp3) is 0.775. The quantitative estimate of drug-likeness (QED) is 0.0696. The highest BCUT2D eigenvalue weighted by atomic mass is 16.8. The van der Waals surface area contributed by atoms with Crippen molar-refractivity contribution in [3.8, 4) is 0 Å². The molecule has 13 N–H and O–H groups in total. The van der Waals surface area contributed by atoms with E-state index in [1.54, 1.807) is 25.1 Å². The monoisotopic (exact) mass is 889 g/mol. The molecular formula is C40H63N3O19. The molecule has 352 valence electrons. The van der Waals surface area contributed by atoms with Gasteiger partial charge < -0.3 is 95.5 Å². The Labute approximate surface area is 358 Å². The van der Waals surface area contributed by atoms with Gasteiger partial charge in [-0.25, -0.2) is 4.79 Å². The molecule has 22 nitrogen and oxygen atoms in total. The van der Waals surface area contributed by atoms with Gasteiger partial charge in [-0.05, 0) is 44.7 Å². The van der Waals surface area contributed by atoms with Crippen LogP contribution in [0.15, 0.2) is 30.3 Å². The van der Waals surface area contributed by atoms with Crippen molar-refractivity contribution in [1.82, 2.24) is 10.6 Å². The Balaban J connectivity index is 1.54. The zero-order chi connectivity index (χ0) is 45.6. The lowest BCUT2D eigenvalue weighted by Crippen LogP contribution is -2.68. The summed E-state index contributed by atoms with van der Waals surface area (Å²) in [6.07, 6.45) is -25.2. The number of benzene rings is 1. The first-order valence-corrected chi connectivity index (χ1v) is 20.8. The summed E-state index contributed by atoms with van der Waals surface area (Å²) in [5.41, 5.74) is 5.69. The molecule has 62 heavy (non-hydrogen) atoms. The highest BCUT2D eigenvalue weighted by molar-refractivity contribution is 5.89. The normalized spacial score (nSPS) is 41.1.